The lowest BCUT2D eigenvalue weighted by Gasteiger charge is -2.05. The molecule has 3 aromatic carbocycles. The first-order valence-corrected chi connectivity index (χ1v) is 7.35. The van der Waals surface area contributed by atoms with Crippen LogP contribution in [0.5, 0.6) is 0 Å². The van der Waals surface area contributed by atoms with E-state index in [1.807, 2.05) is 30.3 Å². The van der Waals surface area contributed by atoms with Gasteiger partial charge in [0.05, 0.1) is 5.69 Å². The Balaban J connectivity index is 2.08. The molecule has 0 aliphatic heterocycles. The van der Waals surface area contributed by atoms with Crippen LogP contribution in [-0.2, 0) is 0 Å². The zero-order chi connectivity index (χ0) is 14.9. The lowest BCUT2D eigenvalue weighted by atomic mass is 9.98. The van der Waals surface area contributed by atoms with Gasteiger partial charge in [0, 0.05) is 22.2 Å². The summed E-state index contributed by atoms with van der Waals surface area (Å²) < 4.78 is 0. The van der Waals surface area contributed by atoms with Gasteiger partial charge in [-0.3, -0.25) is 0 Å². The summed E-state index contributed by atoms with van der Waals surface area (Å²) in [5.74, 6) is 0. The van der Waals surface area contributed by atoms with E-state index in [1.165, 1.54) is 16.7 Å². The number of nitrogens with two attached hydrogens (primary N) is 1. The average Bonchev–Trinajstić information content (AvgIpc) is 2.95. The van der Waals surface area contributed by atoms with Gasteiger partial charge in [0.15, 0.2) is 0 Å². The fraction of sp³-hybridized carbons (Fsp3) is 0. The molecule has 4 aromatic rings. The number of fused-ring (bicyclic) bond motifs is 1. The number of H-pyrrole nitrogens is 1. The molecule has 0 saturated heterocycles. The summed E-state index contributed by atoms with van der Waals surface area (Å²) in [6.45, 7) is 0. The molecule has 0 aliphatic carbocycles. The highest BCUT2D eigenvalue weighted by Gasteiger charge is 2.14. The molecule has 4 rings (SSSR count). The third kappa shape index (κ3) is 2.06. The summed E-state index contributed by atoms with van der Waals surface area (Å²) in [5, 5.41) is 1.16. The minimum Gasteiger partial charge on any atom is -0.399 e. The van der Waals surface area contributed by atoms with Crippen LogP contribution < -0.4 is 5.73 Å². The Hall–Kier alpha value is -3.00. The maximum atomic E-state index is 6.00. The third-order valence-corrected chi connectivity index (χ3v) is 3.95. The molecule has 0 amide bonds. The highest BCUT2D eigenvalue weighted by Crippen LogP contribution is 2.38. The van der Waals surface area contributed by atoms with Crippen molar-refractivity contribution in [2.75, 3.05) is 5.73 Å². The van der Waals surface area contributed by atoms with Crippen molar-refractivity contribution in [1.29, 1.82) is 0 Å². The Morgan fingerprint density at radius 2 is 1.32 bits per heavy atom. The molecule has 106 valence electrons. The van der Waals surface area contributed by atoms with E-state index in [1.54, 1.807) is 0 Å². The van der Waals surface area contributed by atoms with Crippen molar-refractivity contribution in [2.24, 2.45) is 0 Å². The third-order valence-electron chi connectivity index (χ3n) is 3.95. The lowest BCUT2D eigenvalue weighted by Crippen LogP contribution is -1.84. The zero-order valence-electron chi connectivity index (χ0n) is 12.1. The number of aromatic amines is 1. The Bertz CT molecular complexity index is 922. The van der Waals surface area contributed by atoms with Crippen LogP contribution in [0.2, 0.25) is 0 Å². The molecule has 0 fully saturated rings. The van der Waals surface area contributed by atoms with E-state index in [4.69, 9.17) is 5.73 Å². The normalized spacial score (nSPS) is 10.9. The lowest BCUT2D eigenvalue weighted by molar-refractivity contribution is 1.45. The number of rotatable bonds is 2. The van der Waals surface area contributed by atoms with Gasteiger partial charge in [-0.1, -0.05) is 60.7 Å². The molecule has 1 aromatic heterocycles. The second kappa shape index (κ2) is 5.08. The van der Waals surface area contributed by atoms with Crippen LogP contribution in [0.4, 0.5) is 5.69 Å². The van der Waals surface area contributed by atoms with Crippen LogP contribution in [0.1, 0.15) is 0 Å². The minimum atomic E-state index is 0.781. The topological polar surface area (TPSA) is 41.8 Å². The molecular weight excluding hydrogens is 268 g/mol. The summed E-state index contributed by atoms with van der Waals surface area (Å²) in [7, 11) is 0. The quantitative estimate of drug-likeness (QED) is 0.495. The van der Waals surface area contributed by atoms with Crippen LogP contribution in [0.3, 0.4) is 0 Å². The van der Waals surface area contributed by atoms with E-state index in [0.29, 0.717) is 0 Å². The van der Waals surface area contributed by atoms with Gasteiger partial charge in [0.2, 0.25) is 0 Å². The van der Waals surface area contributed by atoms with Gasteiger partial charge in [-0.05, 0) is 29.3 Å². The van der Waals surface area contributed by atoms with Crippen LogP contribution in [0.15, 0.2) is 78.9 Å². The summed E-state index contributed by atoms with van der Waals surface area (Å²) in [4.78, 5) is 3.55. The monoisotopic (exact) mass is 284 g/mol. The Kier molecular flexibility index (Phi) is 2.94. The van der Waals surface area contributed by atoms with Gasteiger partial charge in [-0.15, -0.1) is 0 Å². The molecule has 0 unspecified atom stereocenters. The molecule has 3 N–H and O–H groups in total. The van der Waals surface area contributed by atoms with Crippen LogP contribution >= 0.6 is 0 Å². The molecule has 1 heterocycles. The van der Waals surface area contributed by atoms with E-state index in [2.05, 4.69) is 53.5 Å². The summed E-state index contributed by atoms with van der Waals surface area (Å²) >= 11 is 0. The molecule has 0 bridgehead atoms. The van der Waals surface area contributed by atoms with Crippen molar-refractivity contribution >= 4 is 16.6 Å². The summed E-state index contributed by atoms with van der Waals surface area (Å²) in [5.41, 5.74) is 12.6. The van der Waals surface area contributed by atoms with E-state index in [0.717, 1.165) is 22.3 Å². The van der Waals surface area contributed by atoms with Crippen molar-refractivity contribution in [3.8, 4) is 22.4 Å². The predicted molar refractivity (Wildman–Crippen MR) is 93.6 cm³/mol. The first-order chi connectivity index (χ1) is 10.8. The summed E-state index contributed by atoms with van der Waals surface area (Å²) in [6.07, 6.45) is 0. The average molecular weight is 284 g/mol. The van der Waals surface area contributed by atoms with E-state index >= 15 is 0 Å². The van der Waals surface area contributed by atoms with Crippen molar-refractivity contribution < 1.29 is 0 Å². The number of hydrogen-bond acceptors (Lipinski definition) is 1. The number of hydrogen-bond donors (Lipinski definition) is 2. The maximum Gasteiger partial charge on any atom is 0.0544 e. The number of anilines is 1. The number of benzene rings is 3. The van der Waals surface area contributed by atoms with Crippen LogP contribution in [0, 0.1) is 0 Å². The van der Waals surface area contributed by atoms with Crippen molar-refractivity contribution in [3.05, 3.63) is 78.9 Å². The molecule has 0 saturated carbocycles. The number of aromatic nitrogens is 1. The highest BCUT2D eigenvalue weighted by molar-refractivity contribution is 6.04. The van der Waals surface area contributed by atoms with Gasteiger partial charge >= 0.3 is 0 Å². The largest absolute Gasteiger partial charge is 0.399 e. The van der Waals surface area contributed by atoms with Crippen LogP contribution in [0.25, 0.3) is 33.3 Å². The van der Waals surface area contributed by atoms with Gasteiger partial charge < -0.3 is 10.7 Å². The first-order valence-electron chi connectivity index (χ1n) is 7.35. The highest BCUT2D eigenvalue weighted by atomic mass is 14.7. The summed E-state index contributed by atoms with van der Waals surface area (Å²) in [6, 6.07) is 26.9. The van der Waals surface area contributed by atoms with Crippen molar-refractivity contribution in [2.45, 2.75) is 0 Å². The van der Waals surface area contributed by atoms with Gasteiger partial charge in [-0.2, -0.15) is 0 Å². The van der Waals surface area contributed by atoms with E-state index in [-0.39, 0.29) is 0 Å². The van der Waals surface area contributed by atoms with Gasteiger partial charge in [0.1, 0.15) is 0 Å². The Morgan fingerprint density at radius 3 is 2.00 bits per heavy atom. The molecule has 2 nitrogen and oxygen atoms in total. The second-order valence-corrected chi connectivity index (χ2v) is 5.41. The van der Waals surface area contributed by atoms with Gasteiger partial charge in [0.25, 0.3) is 0 Å². The fourth-order valence-electron chi connectivity index (χ4n) is 2.94. The van der Waals surface area contributed by atoms with Crippen molar-refractivity contribution in [1.82, 2.24) is 4.98 Å². The molecule has 0 aliphatic rings. The predicted octanol–water partition coefficient (Wildman–Crippen LogP) is 5.08. The first kappa shape index (κ1) is 12.7. The van der Waals surface area contributed by atoms with Gasteiger partial charge in [-0.25, -0.2) is 0 Å². The maximum absolute atomic E-state index is 6.00. The van der Waals surface area contributed by atoms with Crippen molar-refractivity contribution in [3.63, 3.8) is 0 Å². The smallest absolute Gasteiger partial charge is 0.0544 e. The minimum absolute atomic E-state index is 0.781. The molecule has 0 atom stereocenters. The van der Waals surface area contributed by atoms with E-state index in [9.17, 15) is 0 Å². The molecular formula is C20H16N2. The molecule has 0 radical (unpaired) electrons. The molecule has 0 spiro atoms. The Morgan fingerprint density at radius 1 is 0.682 bits per heavy atom. The van der Waals surface area contributed by atoms with E-state index < -0.39 is 0 Å². The number of nitrogens with one attached hydrogen (secondary N) is 1. The molecule has 22 heavy (non-hydrogen) atoms. The number of nitrogen functional groups attached to an aromatic ring is 1. The van der Waals surface area contributed by atoms with Crippen LogP contribution in [-0.4, -0.2) is 4.98 Å². The standard InChI is InChI=1S/C20H16N2/c21-16-11-12-18-17(13-16)19(14-7-3-1-4-8-14)20(22-18)15-9-5-2-6-10-15/h1-13,22H,21H2. The fourth-order valence-corrected chi connectivity index (χ4v) is 2.94. The zero-order valence-corrected chi connectivity index (χ0v) is 12.1. The SMILES string of the molecule is Nc1ccc2[nH]c(-c3ccccc3)c(-c3ccccc3)c2c1. The second-order valence-electron chi connectivity index (χ2n) is 5.41. The molecule has 2 heteroatoms. The Labute approximate surface area is 129 Å².